The second kappa shape index (κ2) is 2.95. The number of benzene rings is 1. The van der Waals surface area contributed by atoms with Crippen molar-refractivity contribution in [3.8, 4) is 0 Å². The Hall–Kier alpha value is -1.18. The van der Waals surface area contributed by atoms with E-state index in [2.05, 4.69) is 0 Å². The van der Waals surface area contributed by atoms with Crippen molar-refractivity contribution < 1.29 is 9.18 Å². The number of halogens is 1. The molecule has 2 rings (SSSR count). The maximum Gasteiger partial charge on any atom is 0.140 e. The number of aryl methyl sites for hydroxylation is 1. The molecule has 0 bridgehead atoms. The zero-order chi connectivity index (χ0) is 9.42. The zero-order valence-electron chi connectivity index (χ0n) is 7.51. The SMILES string of the molecule is C[C@H]1C(=O)CCc2cc(F)ccc21. The van der Waals surface area contributed by atoms with Crippen LogP contribution in [0.2, 0.25) is 0 Å². The molecule has 0 spiro atoms. The van der Waals surface area contributed by atoms with Gasteiger partial charge in [-0.25, -0.2) is 4.39 Å². The molecule has 0 unspecified atom stereocenters. The summed E-state index contributed by atoms with van der Waals surface area (Å²) in [4.78, 5) is 11.3. The molecule has 0 heterocycles. The van der Waals surface area contributed by atoms with Gasteiger partial charge in [-0.3, -0.25) is 4.79 Å². The number of carbonyl (C=O) groups is 1. The van der Waals surface area contributed by atoms with Crippen LogP contribution in [0.4, 0.5) is 4.39 Å². The molecule has 0 saturated carbocycles. The molecule has 13 heavy (non-hydrogen) atoms. The van der Waals surface area contributed by atoms with Crippen molar-refractivity contribution in [3.63, 3.8) is 0 Å². The third-order valence-electron chi connectivity index (χ3n) is 2.70. The first-order chi connectivity index (χ1) is 6.18. The van der Waals surface area contributed by atoms with E-state index in [1.54, 1.807) is 6.07 Å². The number of rotatable bonds is 0. The van der Waals surface area contributed by atoms with Crippen molar-refractivity contribution in [3.05, 3.63) is 35.1 Å². The molecule has 0 aromatic heterocycles. The summed E-state index contributed by atoms with van der Waals surface area (Å²) < 4.78 is 12.8. The van der Waals surface area contributed by atoms with Gasteiger partial charge in [-0.2, -0.15) is 0 Å². The van der Waals surface area contributed by atoms with Crippen LogP contribution in [0.3, 0.4) is 0 Å². The van der Waals surface area contributed by atoms with Crippen LogP contribution in [0.5, 0.6) is 0 Å². The Morgan fingerprint density at radius 1 is 1.38 bits per heavy atom. The average molecular weight is 178 g/mol. The topological polar surface area (TPSA) is 17.1 Å². The van der Waals surface area contributed by atoms with E-state index in [1.165, 1.54) is 12.1 Å². The Bertz CT molecular complexity index is 357. The van der Waals surface area contributed by atoms with Gasteiger partial charge < -0.3 is 0 Å². The Balaban J connectivity index is 2.49. The normalized spacial score (nSPS) is 21.4. The summed E-state index contributed by atoms with van der Waals surface area (Å²) in [6, 6.07) is 4.69. The zero-order valence-corrected chi connectivity index (χ0v) is 7.51. The maximum absolute atomic E-state index is 12.8. The highest BCUT2D eigenvalue weighted by atomic mass is 19.1. The van der Waals surface area contributed by atoms with Crippen molar-refractivity contribution in [2.75, 3.05) is 0 Å². The van der Waals surface area contributed by atoms with Crippen LogP contribution in [0.25, 0.3) is 0 Å². The summed E-state index contributed by atoms with van der Waals surface area (Å²) >= 11 is 0. The summed E-state index contributed by atoms with van der Waals surface area (Å²) in [6.07, 6.45) is 1.24. The molecule has 0 saturated heterocycles. The van der Waals surface area contributed by atoms with Gasteiger partial charge in [0.2, 0.25) is 0 Å². The quantitative estimate of drug-likeness (QED) is 0.596. The van der Waals surface area contributed by atoms with Gasteiger partial charge in [-0.1, -0.05) is 13.0 Å². The van der Waals surface area contributed by atoms with E-state index >= 15 is 0 Å². The molecule has 1 aliphatic carbocycles. The summed E-state index contributed by atoms with van der Waals surface area (Å²) in [6.45, 7) is 1.89. The fourth-order valence-electron chi connectivity index (χ4n) is 1.86. The van der Waals surface area contributed by atoms with Crippen LogP contribution in [0, 0.1) is 5.82 Å². The van der Waals surface area contributed by atoms with E-state index in [0.717, 1.165) is 11.1 Å². The smallest absolute Gasteiger partial charge is 0.140 e. The number of Topliss-reactive ketones (excluding diaryl/α,β-unsaturated/α-hetero) is 1. The van der Waals surface area contributed by atoms with Crippen LogP contribution < -0.4 is 0 Å². The Morgan fingerprint density at radius 3 is 2.92 bits per heavy atom. The van der Waals surface area contributed by atoms with E-state index in [4.69, 9.17) is 0 Å². The lowest BCUT2D eigenvalue weighted by molar-refractivity contribution is -0.120. The summed E-state index contributed by atoms with van der Waals surface area (Å²) in [5.74, 6) is 0.00348. The molecular weight excluding hydrogens is 167 g/mol. The Kier molecular flexibility index (Phi) is 1.91. The average Bonchev–Trinajstić information content (AvgIpc) is 2.12. The van der Waals surface area contributed by atoms with E-state index in [-0.39, 0.29) is 17.5 Å². The van der Waals surface area contributed by atoms with Gasteiger partial charge in [0, 0.05) is 12.3 Å². The van der Waals surface area contributed by atoms with Gasteiger partial charge in [0.25, 0.3) is 0 Å². The highest BCUT2D eigenvalue weighted by Gasteiger charge is 2.23. The van der Waals surface area contributed by atoms with Crippen molar-refractivity contribution in [2.24, 2.45) is 0 Å². The highest BCUT2D eigenvalue weighted by Crippen LogP contribution is 2.28. The monoisotopic (exact) mass is 178 g/mol. The number of hydrogen-bond acceptors (Lipinski definition) is 1. The molecular formula is C11H11FO. The summed E-state index contributed by atoms with van der Waals surface area (Å²) in [5.41, 5.74) is 1.99. The minimum Gasteiger partial charge on any atom is -0.299 e. The van der Waals surface area contributed by atoms with Gasteiger partial charge in [-0.05, 0) is 29.7 Å². The number of hydrogen-bond donors (Lipinski definition) is 0. The van der Waals surface area contributed by atoms with Crippen molar-refractivity contribution in [2.45, 2.75) is 25.7 Å². The molecule has 0 N–H and O–H groups in total. The van der Waals surface area contributed by atoms with Gasteiger partial charge in [0.05, 0.1) is 0 Å². The fraction of sp³-hybridized carbons (Fsp3) is 0.364. The lowest BCUT2D eigenvalue weighted by Crippen LogP contribution is -2.17. The highest BCUT2D eigenvalue weighted by molar-refractivity contribution is 5.87. The van der Waals surface area contributed by atoms with Gasteiger partial charge in [0.15, 0.2) is 0 Å². The Labute approximate surface area is 76.6 Å². The molecule has 1 atom stereocenters. The standard InChI is InChI=1S/C11H11FO/c1-7-10-4-3-9(12)6-8(10)2-5-11(7)13/h3-4,6-7H,2,5H2,1H3/t7-/m1/s1. The van der Waals surface area contributed by atoms with E-state index in [1.807, 2.05) is 6.92 Å². The second-order valence-electron chi connectivity index (χ2n) is 3.53. The van der Waals surface area contributed by atoms with Crippen LogP contribution in [0.15, 0.2) is 18.2 Å². The number of carbonyl (C=O) groups excluding carboxylic acids is 1. The number of fused-ring (bicyclic) bond motifs is 1. The van der Waals surface area contributed by atoms with Crippen LogP contribution in [-0.4, -0.2) is 5.78 Å². The van der Waals surface area contributed by atoms with Crippen LogP contribution in [-0.2, 0) is 11.2 Å². The first-order valence-corrected chi connectivity index (χ1v) is 4.49. The minimum absolute atomic E-state index is 0.0515. The molecule has 0 aliphatic heterocycles. The third kappa shape index (κ3) is 1.37. The molecule has 1 aromatic rings. The largest absolute Gasteiger partial charge is 0.299 e. The predicted octanol–water partition coefficient (Wildman–Crippen LogP) is 2.44. The van der Waals surface area contributed by atoms with Crippen molar-refractivity contribution in [1.29, 1.82) is 0 Å². The molecule has 0 radical (unpaired) electrons. The van der Waals surface area contributed by atoms with Crippen LogP contribution >= 0.6 is 0 Å². The van der Waals surface area contributed by atoms with Gasteiger partial charge in [-0.15, -0.1) is 0 Å². The summed E-state index contributed by atoms with van der Waals surface area (Å²) in [7, 11) is 0. The third-order valence-corrected chi connectivity index (χ3v) is 2.70. The minimum atomic E-state index is -0.208. The Morgan fingerprint density at radius 2 is 2.15 bits per heavy atom. The van der Waals surface area contributed by atoms with Gasteiger partial charge in [0.1, 0.15) is 11.6 Å². The fourth-order valence-corrected chi connectivity index (χ4v) is 1.86. The van der Waals surface area contributed by atoms with E-state index < -0.39 is 0 Å². The second-order valence-corrected chi connectivity index (χ2v) is 3.53. The van der Waals surface area contributed by atoms with Crippen molar-refractivity contribution >= 4 is 5.78 Å². The molecule has 2 heteroatoms. The number of ketones is 1. The van der Waals surface area contributed by atoms with E-state index in [9.17, 15) is 9.18 Å². The molecule has 1 nitrogen and oxygen atoms in total. The first kappa shape index (κ1) is 8.42. The van der Waals surface area contributed by atoms with Gasteiger partial charge >= 0.3 is 0 Å². The molecule has 1 aromatic carbocycles. The predicted molar refractivity (Wildman–Crippen MR) is 48.1 cm³/mol. The van der Waals surface area contributed by atoms with Crippen molar-refractivity contribution in [1.82, 2.24) is 0 Å². The lowest BCUT2D eigenvalue weighted by Gasteiger charge is -2.20. The molecule has 0 fully saturated rings. The van der Waals surface area contributed by atoms with E-state index in [0.29, 0.717) is 12.8 Å². The lowest BCUT2D eigenvalue weighted by atomic mass is 9.83. The first-order valence-electron chi connectivity index (χ1n) is 4.49. The molecule has 68 valence electrons. The summed E-state index contributed by atoms with van der Waals surface area (Å²) in [5, 5.41) is 0. The van der Waals surface area contributed by atoms with Crippen LogP contribution in [0.1, 0.15) is 30.4 Å². The molecule has 1 aliphatic rings. The maximum atomic E-state index is 12.8. The molecule has 0 amide bonds.